The van der Waals surface area contributed by atoms with Gasteiger partial charge in [-0.2, -0.15) is 0 Å². The zero-order valence-electron chi connectivity index (χ0n) is 10.9. The zero-order chi connectivity index (χ0) is 13.0. The van der Waals surface area contributed by atoms with Gasteiger partial charge in [0.25, 0.3) is 0 Å². The molecule has 1 saturated carbocycles. The van der Waals surface area contributed by atoms with Crippen molar-refractivity contribution >= 4 is 27.5 Å². The molecule has 0 bridgehead atoms. The Kier molecular flexibility index (Phi) is 5.11. The summed E-state index contributed by atoms with van der Waals surface area (Å²) < 4.78 is 1.06. The molecule has 1 aromatic carbocycles. The van der Waals surface area contributed by atoms with E-state index in [0.717, 1.165) is 22.5 Å². The topological polar surface area (TPSA) is 12.0 Å². The second kappa shape index (κ2) is 6.40. The molecule has 1 aromatic rings. The van der Waals surface area contributed by atoms with Crippen molar-refractivity contribution in [3.63, 3.8) is 0 Å². The van der Waals surface area contributed by atoms with Crippen LogP contribution in [0.25, 0.3) is 0 Å². The van der Waals surface area contributed by atoms with Crippen molar-refractivity contribution in [3.8, 4) is 0 Å². The van der Waals surface area contributed by atoms with E-state index in [1.54, 1.807) is 0 Å². The average Bonchev–Trinajstić information content (AvgIpc) is 2.34. The molecule has 0 atom stereocenters. The summed E-state index contributed by atoms with van der Waals surface area (Å²) in [5.74, 6) is 0. The molecular weight excluding hydrogens is 310 g/mol. The number of hydrogen-bond donors (Lipinski definition) is 1. The van der Waals surface area contributed by atoms with E-state index >= 15 is 0 Å². The Hall–Kier alpha value is -0.0500. The van der Waals surface area contributed by atoms with E-state index in [9.17, 15) is 0 Å². The molecular formula is C15H21BrClN. The lowest BCUT2D eigenvalue weighted by Crippen LogP contribution is -2.36. The van der Waals surface area contributed by atoms with Gasteiger partial charge in [0, 0.05) is 16.0 Å². The van der Waals surface area contributed by atoms with E-state index in [1.165, 1.54) is 37.7 Å². The van der Waals surface area contributed by atoms with Gasteiger partial charge < -0.3 is 5.32 Å². The lowest BCUT2D eigenvalue weighted by atomic mass is 9.70. The van der Waals surface area contributed by atoms with E-state index in [2.05, 4.69) is 40.4 Å². The predicted molar refractivity (Wildman–Crippen MR) is 82.3 cm³/mol. The normalized spacial score (nSPS) is 18.8. The Labute approximate surface area is 123 Å². The predicted octanol–water partition coefficient (Wildman–Crippen LogP) is 4.81. The highest BCUT2D eigenvalue weighted by molar-refractivity contribution is 9.10. The molecule has 1 N–H and O–H groups in total. The van der Waals surface area contributed by atoms with Gasteiger partial charge in [-0.1, -0.05) is 52.9 Å². The standard InChI is InChI=1S/C15H21BrClN/c1-18-11-15(7-3-2-4-8-15)10-12-5-6-13(16)9-14(12)17/h5-6,9,18H,2-4,7-8,10-11H2,1H3. The molecule has 0 amide bonds. The number of benzene rings is 1. The molecule has 2 rings (SSSR count). The Morgan fingerprint density at radius 3 is 2.61 bits per heavy atom. The van der Waals surface area contributed by atoms with Crippen molar-refractivity contribution in [2.75, 3.05) is 13.6 Å². The summed E-state index contributed by atoms with van der Waals surface area (Å²) in [6.45, 7) is 1.10. The average molecular weight is 331 g/mol. The zero-order valence-corrected chi connectivity index (χ0v) is 13.3. The number of hydrogen-bond acceptors (Lipinski definition) is 1. The molecule has 0 heterocycles. The van der Waals surface area contributed by atoms with Crippen LogP contribution >= 0.6 is 27.5 Å². The molecule has 0 aliphatic heterocycles. The summed E-state index contributed by atoms with van der Waals surface area (Å²) in [6, 6.07) is 6.27. The molecule has 1 aliphatic rings. The van der Waals surface area contributed by atoms with Crippen molar-refractivity contribution in [1.82, 2.24) is 5.32 Å². The third-order valence-corrected chi connectivity index (χ3v) is 4.89. The lowest BCUT2D eigenvalue weighted by molar-refractivity contribution is 0.185. The maximum atomic E-state index is 6.36. The first-order valence-corrected chi connectivity index (χ1v) is 7.91. The second-order valence-corrected chi connectivity index (χ2v) is 6.83. The molecule has 3 heteroatoms. The summed E-state index contributed by atoms with van der Waals surface area (Å²) >= 11 is 9.83. The third-order valence-electron chi connectivity index (χ3n) is 4.05. The largest absolute Gasteiger partial charge is 0.319 e. The highest BCUT2D eigenvalue weighted by Gasteiger charge is 2.32. The number of rotatable bonds is 4. The molecule has 1 fully saturated rings. The van der Waals surface area contributed by atoms with E-state index in [1.807, 2.05) is 6.07 Å². The van der Waals surface area contributed by atoms with Gasteiger partial charge in [-0.05, 0) is 49.4 Å². The van der Waals surface area contributed by atoms with Crippen LogP contribution in [0.5, 0.6) is 0 Å². The van der Waals surface area contributed by atoms with Crippen LogP contribution in [0.3, 0.4) is 0 Å². The van der Waals surface area contributed by atoms with Gasteiger partial charge in [0.1, 0.15) is 0 Å². The lowest BCUT2D eigenvalue weighted by Gasteiger charge is -2.37. The van der Waals surface area contributed by atoms with E-state index < -0.39 is 0 Å². The van der Waals surface area contributed by atoms with E-state index in [-0.39, 0.29) is 0 Å². The quantitative estimate of drug-likeness (QED) is 0.835. The molecule has 0 radical (unpaired) electrons. The first kappa shape index (κ1) is 14.4. The fraction of sp³-hybridized carbons (Fsp3) is 0.600. The van der Waals surface area contributed by atoms with Crippen LogP contribution in [0.4, 0.5) is 0 Å². The van der Waals surface area contributed by atoms with Crippen molar-refractivity contribution < 1.29 is 0 Å². The molecule has 0 spiro atoms. The van der Waals surface area contributed by atoms with E-state index in [0.29, 0.717) is 5.41 Å². The van der Waals surface area contributed by atoms with Gasteiger partial charge in [0.2, 0.25) is 0 Å². The monoisotopic (exact) mass is 329 g/mol. The van der Waals surface area contributed by atoms with Crippen LogP contribution in [0, 0.1) is 5.41 Å². The minimum atomic E-state index is 0.407. The van der Waals surface area contributed by atoms with Gasteiger partial charge in [-0.3, -0.25) is 0 Å². The summed E-state index contributed by atoms with van der Waals surface area (Å²) in [4.78, 5) is 0. The minimum absolute atomic E-state index is 0.407. The maximum absolute atomic E-state index is 6.36. The molecule has 1 aliphatic carbocycles. The van der Waals surface area contributed by atoms with Crippen LogP contribution in [-0.2, 0) is 6.42 Å². The van der Waals surface area contributed by atoms with Crippen LogP contribution in [0.15, 0.2) is 22.7 Å². The fourth-order valence-corrected chi connectivity index (χ4v) is 3.90. The molecule has 18 heavy (non-hydrogen) atoms. The highest BCUT2D eigenvalue weighted by Crippen LogP contribution is 2.40. The Balaban J connectivity index is 2.17. The summed E-state index contributed by atoms with van der Waals surface area (Å²) in [5, 5.41) is 4.27. The summed E-state index contributed by atoms with van der Waals surface area (Å²) in [7, 11) is 2.06. The first-order chi connectivity index (χ1) is 8.65. The molecule has 1 nitrogen and oxygen atoms in total. The minimum Gasteiger partial charge on any atom is -0.319 e. The van der Waals surface area contributed by atoms with Crippen LogP contribution in [-0.4, -0.2) is 13.6 Å². The summed E-state index contributed by atoms with van der Waals surface area (Å²) in [5.41, 5.74) is 1.70. The molecule has 0 unspecified atom stereocenters. The maximum Gasteiger partial charge on any atom is 0.0449 e. The van der Waals surface area contributed by atoms with Crippen molar-refractivity contribution in [2.24, 2.45) is 5.41 Å². The molecule has 0 saturated heterocycles. The SMILES string of the molecule is CNCC1(Cc2ccc(Br)cc2Cl)CCCCC1. The number of halogens is 2. The summed E-state index contributed by atoms with van der Waals surface area (Å²) in [6.07, 6.45) is 7.84. The van der Waals surface area contributed by atoms with Crippen LogP contribution < -0.4 is 5.32 Å². The highest BCUT2D eigenvalue weighted by atomic mass is 79.9. The van der Waals surface area contributed by atoms with Crippen LogP contribution in [0.1, 0.15) is 37.7 Å². The second-order valence-electron chi connectivity index (χ2n) is 5.50. The van der Waals surface area contributed by atoms with Gasteiger partial charge >= 0.3 is 0 Å². The van der Waals surface area contributed by atoms with E-state index in [4.69, 9.17) is 11.6 Å². The third kappa shape index (κ3) is 3.49. The fourth-order valence-electron chi connectivity index (χ4n) is 3.16. The Morgan fingerprint density at radius 2 is 2.00 bits per heavy atom. The van der Waals surface area contributed by atoms with Gasteiger partial charge in [-0.25, -0.2) is 0 Å². The molecule has 0 aromatic heterocycles. The van der Waals surface area contributed by atoms with Gasteiger partial charge in [-0.15, -0.1) is 0 Å². The van der Waals surface area contributed by atoms with Gasteiger partial charge in [0.15, 0.2) is 0 Å². The Bertz CT molecular complexity index is 394. The van der Waals surface area contributed by atoms with Crippen LogP contribution in [0.2, 0.25) is 5.02 Å². The smallest absolute Gasteiger partial charge is 0.0449 e. The van der Waals surface area contributed by atoms with Crippen molar-refractivity contribution in [2.45, 2.75) is 38.5 Å². The van der Waals surface area contributed by atoms with Gasteiger partial charge in [0.05, 0.1) is 0 Å². The molecule has 100 valence electrons. The Morgan fingerprint density at radius 1 is 1.28 bits per heavy atom. The number of nitrogens with one attached hydrogen (secondary N) is 1. The first-order valence-electron chi connectivity index (χ1n) is 6.74. The van der Waals surface area contributed by atoms with Crippen molar-refractivity contribution in [3.05, 3.63) is 33.3 Å². The van der Waals surface area contributed by atoms with Crippen molar-refractivity contribution in [1.29, 1.82) is 0 Å².